The van der Waals surface area contributed by atoms with E-state index in [4.69, 9.17) is 36.7 Å². The molecule has 0 radical (unpaired) electrons. The summed E-state index contributed by atoms with van der Waals surface area (Å²) in [5.41, 5.74) is 3.24. The minimum Gasteiger partial charge on any atom is -0.492 e. The van der Waals surface area contributed by atoms with Gasteiger partial charge < -0.3 is 46.9 Å². The molecule has 0 saturated heterocycles. The Morgan fingerprint density at radius 2 is 0.732 bits per heavy atom. The largest absolute Gasteiger partial charge is 0.492 e. The molecule has 2 aromatic carbocycles. The van der Waals surface area contributed by atoms with Gasteiger partial charge in [-0.2, -0.15) is 0 Å². The molecule has 0 aliphatic heterocycles. The Morgan fingerprint density at radius 3 is 1.00 bits per heavy atom. The zero-order valence-corrected chi connectivity index (χ0v) is 54.2. The molecule has 1 N–H and O–H groups in total. The van der Waals surface area contributed by atoms with Crippen LogP contribution in [0, 0.1) is 0 Å². The number of benzene rings is 2. The summed E-state index contributed by atoms with van der Waals surface area (Å²) in [5.74, 6) is 1.51. The van der Waals surface area contributed by atoms with Crippen LogP contribution < -0.4 is 14.8 Å². The van der Waals surface area contributed by atoms with E-state index in [2.05, 4.69) is 153 Å². The monoisotopic (exact) mass is 1060 g/mol. The van der Waals surface area contributed by atoms with Gasteiger partial charge in [0.05, 0.1) is 39.5 Å². The third kappa shape index (κ3) is 24.5. The predicted octanol–water partition coefficient (Wildman–Crippen LogP) is 15.6. The van der Waals surface area contributed by atoms with Gasteiger partial charge in [0.2, 0.25) is 0 Å². The maximum absolute atomic E-state index is 12.3. The van der Waals surface area contributed by atoms with Gasteiger partial charge in [0.15, 0.2) is 33.3 Å². The Balaban J connectivity index is 0.000000710. The quantitative estimate of drug-likeness (QED) is 0.101. The Kier molecular flexibility index (Phi) is 24.0. The van der Waals surface area contributed by atoms with Crippen LogP contribution in [-0.4, -0.2) is 94.9 Å². The molecule has 0 aliphatic rings. The first-order chi connectivity index (χ1) is 31.7. The zero-order chi connectivity index (χ0) is 55.5. The van der Waals surface area contributed by atoms with Gasteiger partial charge in [-0.3, -0.25) is 0 Å². The normalized spacial score (nSPS) is 13.5. The number of hydrogen-bond acceptors (Lipinski definition) is 10. The third-order valence-electron chi connectivity index (χ3n) is 14.1. The van der Waals surface area contributed by atoms with Crippen molar-refractivity contribution in [3.8, 4) is 11.5 Å². The maximum atomic E-state index is 12.3. The highest BCUT2D eigenvalue weighted by Gasteiger charge is 2.40. The minimum atomic E-state index is -1.89. The average Bonchev–Trinajstić information content (AvgIpc) is 3.16. The number of rotatable bonds is 20. The van der Waals surface area contributed by atoms with Crippen LogP contribution in [0.1, 0.15) is 147 Å². The van der Waals surface area contributed by atoms with Crippen LogP contribution in [0.25, 0.3) is 0 Å². The highest BCUT2D eigenvalue weighted by molar-refractivity contribution is 6.75. The lowest BCUT2D eigenvalue weighted by molar-refractivity contribution is 0.0277. The Morgan fingerprint density at radius 1 is 0.451 bits per heavy atom. The fraction of sp³-hybridized carbons (Fsp3) is 0.745. The van der Waals surface area contributed by atoms with E-state index in [0.717, 1.165) is 33.8 Å². The van der Waals surface area contributed by atoms with E-state index in [9.17, 15) is 9.59 Å². The number of nitrogens with one attached hydrogen (secondary N) is 1. The first-order valence-electron chi connectivity index (χ1n) is 25.7. The Hall–Kier alpha value is -2.71. The second-order valence-corrected chi connectivity index (χ2v) is 46.4. The van der Waals surface area contributed by atoms with E-state index in [1.165, 1.54) is 4.90 Å². The van der Waals surface area contributed by atoms with E-state index in [-0.39, 0.29) is 26.2 Å². The first kappa shape index (κ1) is 66.3. The van der Waals surface area contributed by atoms with Gasteiger partial charge in [0.25, 0.3) is 0 Å². The molecule has 0 aromatic heterocycles. The van der Waals surface area contributed by atoms with Crippen LogP contribution >= 0.6 is 0 Å². The van der Waals surface area contributed by atoms with Crippen LogP contribution in [0.15, 0.2) is 36.4 Å². The summed E-state index contributed by atoms with van der Waals surface area (Å²) in [4.78, 5) is 25.7. The predicted molar refractivity (Wildman–Crippen MR) is 305 cm³/mol. The summed E-state index contributed by atoms with van der Waals surface area (Å²) in [5, 5.41) is 3.30. The fourth-order valence-electron chi connectivity index (χ4n) is 5.25. The molecule has 0 spiro atoms. The fourth-order valence-corrected chi connectivity index (χ4v) is 9.09. The number of hydrogen-bond donors (Lipinski definition) is 1. The average molecular weight is 1070 g/mol. The van der Waals surface area contributed by atoms with Gasteiger partial charge in [0, 0.05) is 7.05 Å². The molecule has 0 saturated carbocycles. The molecule has 2 amide bonds. The molecule has 410 valence electrons. The van der Waals surface area contributed by atoms with E-state index in [1.807, 2.05) is 65.8 Å². The molecule has 12 nitrogen and oxygen atoms in total. The summed E-state index contributed by atoms with van der Waals surface area (Å²) in [6, 6.07) is 12.5. The number of ether oxygens (including phenoxy) is 4. The van der Waals surface area contributed by atoms with Crippen LogP contribution in [0.5, 0.6) is 11.5 Å². The van der Waals surface area contributed by atoms with Gasteiger partial charge >= 0.3 is 12.2 Å². The second kappa shape index (κ2) is 25.7. The van der Waals surface area contributed by atoms with Crippen molar-refractivity contribution in [2.75, 3.05) is 33.4 Å². The van der Waals surface area contributed by atoms with E-state index in [1.54, 1.807) is 7.05 Å². The second-order valence-electron chi connectivity index (χ2n) is 27.2. The molecule has 0 aliphatic carbocycles. The number of alkyl carbamates (subject to hydrolysis) is 1. The number of carbonyl (C=O) groups excluding carboxylic acids is 2. The number of carbonyl (C=O) groups is 2. The molecule has 0 atom stereocenters. The van der Waals surface area contributed by atoms with Crippen molar-refractivity contribution in [2.24, 2.45) is 0 Å². The van der Waals surface area contributed by atoms with Crippen molar-refractivity contribution < 1.29 is 46.2 Å². The molecule has 0 bridgehead atoms. The lowest BCUT2D eigenvalue weighted by Gasteiger charge is -2.36. The SMILES string of the molecule is CC(C)(C)OC(=O)NCCOc1cc(CO[Si](C)(C)C(C)(C)C)cc(CO[Si](C)(C)C(C)(C)C)c1.CN(CCOc1cc(CO[Si](C)(C)C(C)(C)C)cc(CO[Si](C)(C)C(C)(C)C)c1)C(=O)OC(C)(C)C. The molecule has 0 fully saturated rings. The van der Waals surface area contributed by atoms with Crippen molar-refractivity contribution in [3.63, 3.8) is 0 Å². The third-order valence-corrected chi connectivity index (χ3v) is 32.0. The summed E-state index contributed by atoms with van der Waals surface area (Å²) in [7, 11) is -5.83. The molecular weight excluding hydrogens is 961 g/mol. The van der Waals surface area contributed by atoms with E-state index >= 15 is 0 Å². The standard InChI is InChI=1S/C28H53NO5Si2.C27H51NO5Si2/c1-26(2,3)34-25(30)29(10)15-16-31-24-18-22(20-32-35(11,12)27(4,5)6)17-23(19-24)21-33-36(13,14)28(7,8)9;1-25(2,3)33-24(29)28-14-15-30-23-17-21(19-31-34(10,11)26(4,5)6)16-22(18-23)20-32-35(12,13)27(7,8)9/h17-19H,15-16,20-21H2,1-14H3;16-18H,14-15,19-20H2,1-13H3,(H,28,29). The van der Waals surface area contributed by atoms with Crippen LogP contribution in [0.2, 0.25) is 72.5 Å². The minimum absolute atomic E-state index is 0.141. The van der Waals surface area contributed by atoms with Gasteiger partial charge in [-0.05, 0) is 161 Å². The number of amides is 2. The van der Waals surface area contributed by atoms with Crippen molar-refractivity contribution in [1.29, 1.82) is 0 Å². The van der Waals surface area contributed by atoms with E-state index < -0.39 is 50.6 Å². The van der Waals surface area contributed by atoms with E-state index in [0.29, 0.717) is 52.7 Å². The number of likely N-dealkylation sites (N-methyl/N-ethyl adjacent to an activating group) is 1. The Bertz CT molecular complexity index is 1880. The summed E-state index contributed by atoms with van der Waals surface area (Å²) in [6.45, 7) is 59.8. The molecule has 2 rings (SSSR count). The molecule has 0 heterocycles. The lowest BCUT2D eigenvalue weighted by atomic mass is 10.1. The van der Waals surface area contributed by atoms with Gasteiger partial charge in [-0.1, -0.05) is 95.2 Å². The first-order valence-corrected chi connectivity index (χ1v) is 37.3. The Labute approximate surface area is 438 Å². The smallest absolute Gasteiger partial charge is 0.410 e. The molecule has 16 heteroatoms. The summed E-state index contributed by atoms with van der Waals surface area (Å²) < 4.78 is 48.7. The molecule has 2 aromatic rings. The van der Waals surface area contributed by atoms with Crippen LogP contribution in [-0.2, 0) is 53.6 Å². The van der Waals surface area contributed by atoms with Crippen LogP contribution in [0.3, 0.4) is 0 Å². The van der Waals surface area contributed by atoms with Gasteiger partial charge in [-0.25, -0.2) is 9.59 Å². The lowest BCUT2D eigenvalue weighted by Crippen LogP contribution is -2.40. The highest BCUT2D eigenvalue weighted by Crippen LogP contribution is 2.40. The molecule has 0 unspecified atom stereocenters. The van der Waals surface area contributed by atoms with Crippen molar-refractivity contribution in [3.05, 3.63) is 58.7 Å². The zero-order valence-electron chi connectivity index (χ0n) is 50.2. The molecule has 71 heavy (non-hydrogen) atoms. The topological polar surface area (TPSA) is 123 Å². The van der Waals surface area contributed by atoms with Crippen molar-refractivity contribution in [2.45, 2.75) is 235 Å². The highest BCUT2D eigenvalue weighted by atomic mass is 28.4. The van der Waals surface area contributed by atoms with Gasteiger partial charge in [-0.15, -0.1) is 0 Å². The number of nitrogens with zero attached hydrogens (tertiary/aromatic N) is 1. The van der Waals surface area contributed by atoms with Crippen LogP contribution in [0.4, 0.5) is 9.59 Å². The van der Waals surface area contributed by atoms with Crippen molar-refractivity contribution in [1.82, 2.24) is 10.2 Å². The van der Waals surface area contributed by atoms with Gasteiger partial charge in [0.1, 0.15) is 35.9 Å². The maximum Gasteiger partial charge on any atom is 0.410 e. The van der Waals surface area contributed by atoms with Crippen molar-refractivity contribution >= 4 is 45.5 Å². The molecular formula is C55H104N2O10Si4. The summed E-state index contributed by atoms with van der Waals surface area (Å²) >= 11 is 0. The summed E-state index contributed by atoms with van der Waals surface area (Å²) in [6.07, 6.45) is -0.799.